The van der Waals surface area contributed by atoms with Gasteiger partial charge in [-0.1, -0.05) is 12.8 Å². The molecular formula is C17H20N4O2. The van der Waals surface area contributed by atoms with Gasteiger partial charge in [0.2, 0.25) is 0 Å². The van der Waals surface area contributed by atoms with Crippen LogP contribution in [0.2, 0.25) is 0 Å². The lowest BCUT2D eigenvalue weighted by Gasteiger charge is -2.04. The maximum atomic E-state index is 12.4. The number of rotatable bonds is 5. The summed E-state index contributed by atoms with van der Waals surface area (Å²) >= 11 is 0. The van der Waals surface area contributed by atoms with Gasteiger partial charge in [0.1, 0.15) is 5.69 Å². The number of anilines is 1. The van der Waals surface area contributed by atoms with E-state index < -0.39 is 0 Å². The Morgan fingerprint density at radius 3 is 2.65 bits per heavy atom. The zero-order chi connectivity index (χ0) is 15.8. The number of ketones is 1. The first-order valence-electron chi connectivity index (χ1n) is 8.30. The first-order chi connectivity index (χ1) is 11.2. The second kappa shape index (κ2) is 5.68. The highest BCUT2D eigenvalue weighted by Crippen LogP contribution is 2.39. The molecule has 2 saturated carbocycles. The van der Waals surface area contributed by atoms with Crippen molar-refractivity contribution < 1.29 is 9.59 Å². The predicted molar refractivity (Wildman–Crippen MR) is 85.6 cm³/mol. The number of hydrogen-bond acceptors (Lipinski definition) is 3. The fourth-order valence-corrected chi connectivity index (χ4v) is 3.28. The summed E-state index contributed by atoms with van der Waals surface area (Å²) in [4.78, 5) is 27.5. The van der Waals surface area contributed by atoms with E-state index in [0.717, 1.165) is 31.4 Å². The van der Waals surface area contributed by atoms with E-state index in [2.05, 4.69) is 20.5 Å². The van der Waals surface area contributed by atoms with Crippen molar-refractivity contribution in [1.29, 1.82) is 0 Å². The van der Waals surface area contributed by atoms with E-state index in [4.69, 9.17) is 0 Å². The summed E-state index contributed by atoms with van der Waals surface area (Å²) in [6, 6.07) is 3.52. The molecule has 3 N–H and O–H groups in total. The summed E-state index contributed by atoms with van der Waals surface area (Å²) in [6.45, 7) is 0. The summed E-state index contributed by atoms with van der Waals surface area (Å²) in [5.74, 6) is 1.08. The number of nitrogens with zero attached hydrogens (tertiary/aromatic N) is 1. The molecule has 0 bridgehead atoms. The average molecular weight is 312 g/mol. The standard InChI is InChI=1S/C17H20N4O2/c22-16(11-3-1-2-4-11)12-7-14(18-9-12)17(23)19-15-8-13(20-21-15)10-5-6-10/h7-11,18H,1-6H2,(H2,19,20,21,23). The molecule has 4 rings (SSSR count). The molecule has 0 radical (unpaired) electrons. The van der Waals surface area contributed by atoms with E-state index in [1.54, 1.807) is 12.3 Å². The van der Waals surface area contributed by atoms with Crippen molar-refractivity contribution in [3.63, 3.8) is 0 Å². The predicted octanol–water partition coefficient (Wildman–Crippen LogP) is 3.24. The molecule has 0 aliphatic heterocycles. The molecule has 2 aliphatic rings. The smallest absolute Gasteiger partial charge is 0.273 e. The molecule has 6 heteroatoms. The molecule has 0 atom stereocenters. The van der Waals surface area contributed by atoms with E-state index >= 15 is 0 Å². The van der Waals surface area contributed by atoms with Gasteiger partial charge < -0.3 is 10.3 Å². The van der Waals surface area contributed by atoms with Gasteiger partial charge in [-0.15, -0.1) is 0 Å². The average Bonchev–Trinajstić information content (AvgIpc) is 3.03. The first-order valence-corrected chi connectivity index (χ1v) is 8.30. The van der Waals surface area contributed by atoms with Gasteiger partial charge in [0.15, 0.2) is 11.6 Å². The Hall–Kier alpha value is -2.37. The number of carbonyl (C=O) groups is 2. The van der Waals surface area contributed by atoms with Gasteiger partial charge in [0.25, 0.3) is 5.91 Å². The molecule has 120 valence electrons. The number of amides is 1. The zero-order valence-electron chi connectivity index (χ0n) is 12.9. The summed E-state index contributed by atoms with van der Waals surface area (Å²) in [5.41, 5.74) is 2.06. The zero-order valence-corrected chi connectivity index (χ0v) is 12.9. The molecule has 0 unspecified atom stereocenters. The molecule has 6 nitrogen and oxygen atoms in total. The Bertz CT molecular complexity index is 735. The Morgan fingerprint density at radius 1 is 1.13 bits per heavy atom. The molecule has 0 spiro atoms. The second-order valence-corrected chi connectivity index (χ2v) is 6.58. The van der Waals surface area contributed by atoms with Crippen LogP contribution in [0.3, 0.4) is 0 Å². The maximum absolute atomic E-state index is 12.4. The lowest BCUT2D eigenvalue weighted by atomic mass is 9.98. The Balaban J connectivity index is 1.42. The third-order valence-corrected chi connectivity index (χ3v) is 4.79. The van der Waals surface area contributed by atoms with Crippen molar-refractivity contribution in [3.05, 3.63) is 35.3 Å². The van der Waals surface area contributed by atoms with E-state index in [-0.39, 0.29) is 17.6 Å². The van der Waals surface area contributed by atoms with Crippen molar-refractivity contribution in [2.24, 2.45) is 5.92 Å². The van der Waals surface area contributed by atoms with Crippen LogP contribution in [0, 0.1) is 5.92 Å². The molecule has 0 saturated heterocycles. The van der Waals surface area contributed by atoms with Crippen molar-refractivity contribution in [3.8, 4) is 0 Å². The number of aromatic nitrogens is 3. The lowest BCUT2D eigenvalue weighted by molar-refractivity contribution is 0.0923. The Labute approximate surface area is 134 Å². The number of H-pyrrole nitrogens is 2. The van der Waals surface area contributed by atoms with Crippen molar-refractivity contribution in [1.82, 2.24) is 15.2 Å². The van der Waals surface area contributed by atoms with Gasteiger partial charge in [-0.3, -0.25) is 14.7 Å². The molecule has 2 aromatic rings. The SMILES string of the molecule is O=C(Nc1cc(C2CC2)[nH]n1)c1cc(C(=O)C2CCCC2)c[nH]1. The summed E-state index contributed by atoms with van der Waals surface area (Å²) < 4.78 is 0. The van der Waals surface area contributed by atoms with Crippen LogP contribution in [0.15, 0.2) is 18.3 Å². The van der Waals surface area contributed by atoms with Crippen LogP contribution < -0.4 is 5.32 Å². The monoisotopic (exact) mass is 312 g/mol. The minimum Gasteiger partial charge on any atom is -0.356 e. The van der Waals surface area contributed by atoms with Gasteiger partial charge in [0, 0.05) is 35.4 Å². The van der Waals surface area contributed by atoms with Gasteiger partial charge >= 0.3 is 0 Å². The van der Waals surface area contributed by atoms with Gasteiger partial charge in [-0.25, -0.2) is 0 Å². The molecule has 0 aromatic carbocycles. The van der Waals surface area contributed by atoms with Crippen LogP contribution in [-0.2, 0) is 0 Å². The van der Waals surface area contributed by atoms with Crippen molar-refractivity contribution in [2.45, 2.75) is 44.4 Å². The molecule has 2 heterocycles. The third-order valence-electron chi connectivity index (χ3n) is 4.79. The Kier molecular flexibility index (Phi) is 3.52. The lowest BCUT2D eigenvalue weighted by Crippen LogP contribution is -2.13. The molecule has 2 aromatic heterocycles. The van der Waals surface area contributed by atoms with Crippen LogP contribution in [0.4, 0.5) is 5.82 Å². The number of hydrogen-bond donors (Lipinski definition) is 3. The molecular weight excluding hydrogens is 292 g/mol. The summed E-state index contributed by atoms with van der Waals surface area (Å²) in [5, 5.41) is 9.83. The third kappa shape index (κ3) is 2.93. The highest BCUT2D eigenvalue weighted by Gasteiger charge is 2.27. The van der Waals surface area contributed by atoms with E-state index in [0.29, 0.717) is 23.0 Å². The molecule has 1 amide bonds. The van der Waals surface area contributed by atoms with Crippen LogP contribution in [0.1, 0.15) is 71.0 Å². The van der Waals surface area contributed by atoms with E-state index in [9.17, 15) is 9.59 Å². The van der Waals surface area contributed by atoms with Crippen LogP contribution in [0.5, 0.6) is 0 Å². The van der Waals surface area contributed by atoms with Crippen molar-refractivity contribution in [2.75, 3.05) is 5.32 Å². The van der Waals surface area contributed by atoms with Gasteiger partial charge in [0.05, 0.1) is 0 Å². The van der Waals surface area contributed by atoms with Crippen LogP contribution >= 0.6 is 0 Å². The highest BCUT2D eigenvalue weighted by molar-refractivity contribution is 6.05. The minimum absolute atomic E-state index is 0.120. The maximum Gasteiger partial charge on any atom is 0.273 e. The van der Waals surface area contributed by atoms with Crippen LogP contribution in [0.25, 0.3) is 0 Å². The number of carbonyl (C=O) groups excluding carboxylic acids is 2. The molecule has 2 aliphatic carbocycles. The topological polar surface area (TPSA) is 90.6 Å². The fraction of sp³-hybridized carbons (Fsp3) is 0.471. The van der Waals surface area contributed by atoms with Gasteiger partial charge in [-0.2, -0.15) is 5.10 Å². The normalized spacial score (nSPS) is 18.3. The number of nitrogens with one attached hydrogen (secondary N) is 3. The molecule has 23 heavy (non-hydrogen) atoms. The Morgan fingerprint density at radius 2 is 1.91 bits per heavy atom. The highest BCUT2D eigenvalue weighted by atomic mass is 16.2. The first kappa shape index (κ1) is 14.2. The quantitative estimate of drug-likeness (QED) is 0.740. The molecule has 2 fully saturated rings. The van der Waals surface area contributed by atoms with Gasteiger partial charge in [-0.05, 0) is 31.7 Å². The number of aromatic amines is 2. The number of Topliss-reactive ketones (excluding diaryl/α,β-unsaturated/α-hetero) is 1. The van der Waals surface area contributed by atoms with Crippen LogP contribution in [-0.4, -0.2) is 26.9 Å². The van der Waals surface area contributed by atoms with E-state index in [1.807, 2.05) is 6.07 Å². The fourth-order valence-electron chi connectivity index (χ4n) is 3.28. The largest absolute Gasteiger partial charge is 0.356 e. The summed E-state index contributed by atoms with van der Waals surface area (Å²) in [6.07, 6.45) is 8.16. The second-order valence-electron chi connectivity index (χ2n) is 6.58. The minimum atomic E-state index is -0.274. The van der Waals surface area contributed by atoms with Crippen molar-refractivity contribution >= 4 is 17.5 Å². The van der Waals surface area contributed by atoms with E-state index in [1.165, 1.54) is 12.8 Å². The summed E-state index contributed by atoms with van der Waals surface area (Å²) in [7, 11) is 0.